The minimum absolute atomic E-state index is 0.104. The van der Waals surface area contributed by atoms with Crippen molar-refractivity contribution in [1.82, 2.24) is 5.32 Å². The molecule has 0 aliphatic carbocycles. The topological polar surface area (TPSA) is 12.0 Å². The Morgan fingerprint density at radius 3 is 2.00 bits per heavy atom. The Labute approximate surface area is 106 Å². The minimum atomic E-state index is -4.13. The van der Waals surface area contributed by atoms with Gasteiger partial charge in [-0.05, 0) is 29.5 Å². The molecule has 4 heteroatoms. The van der Waals surface area contributed by atoms with Crippen molar-refractivity contribution in [3.05, 3.63) is 35.4 Å². The number of benzene rings is 1. The minimum Gasteiger partial charge on any atom is -0.308 e. The third-order valence-electron chi connectivity index (χ3n) is 2.74. The maximum Gasteiger partial charge on any atom is 0.401 e. The Balaban J connectivity index is 2.41. The third-order valence-corrected chi connectivity index (χ3v) is 2.74. The molecule has 0 amide bonds. The first-order valence-electron chi connectivity index (χ1n) is 6.05. The molecule has 0 aromatic heterocycles. The van der Waals surface area contributed by atoms with Crippen molar-refractivity contribution in [3.63, 3.8) is 0 Å². The van der Waals surface area contributed by atoms with Crippen LogP contribution in [0.3, 0.4) is 0 Å². The fourth-order valence-electron chi connectivity index (χ4n) is 1.63. The Morgan fingerprint density at radius 2 is 1.56 bits per heavy atom. The van der Waals surface area contributed by atoms with E-state index in [4.69, 9.17) is 0 Å². The molecule has 1 aromatic carbocycles. The van der Waals surface area contributed by atoms with Crippen molar-refractivity contribution in [2.24, 2.45) is 0 Å². The summed E-state index contributed by atoms with van der Waals surface area (Å²) in [6, 6.07) is 8.05. The number of nitrogens with one attached hydrogen (secondary N) is 1. The molecule has 1 aromatic rings. The highest BCUT2D eigenvalue weighted by Gasteiger charge is 2.25. The first-order chi connectivity index (χ1) is 8.18. The van der Waals surface area contributed by atoms with Gasteiger partial charge in [-0.2, -0.15) is 13.2 Å². The summed E-state index contributed by atoms with van der Waals surface area (Å²) in [7, 11) is 0. The fraction of sp³-hybridized carbons (Fsp3) is 0.571. The molecule has 1 nitrogen and oxygen atoms in total. The molecule has 0 heterocycles. The van der Waals surface area contributed by atoms with Crippen molar-refractivity contribution in [2.75, 3.05) is 13.1 Å². The first-order valence-corrected chi connectivity index (χ1v) is 6.05. The van der Waals surface area contributed by atoms with Crippen LogP contribution in [0.5, 0.6) is 0 Å². The van der Waals surface area contributed by atoms with Gasteiger partial charge in [0.15, 0.2) is 0 Å². The van der Waals surface area contributed by atoms with E-state index >= 15 is 0 Å². The van der Waals surface area contributed by atoms with Crippen molar-refractivity contribution in [2.45, 2.75) is 38.8 Å². The lowest BCUT2D eigenvalue weighted by molar-refractivity contribution is -0.124. The maximum atomic E-state index is 11.9. The summed E-state index contributed by atoms with van der Waals surface area (Å²) in [6.45, 7) is 5.81. The molecular formula is C14H20F3N. The van der Waals surface area contributed by atoms with Crippen molar-refractivity contribution >= 4 is 0 Å². The van der Waals surface area contributed by atoms with Gasteiger partial charge in [-0.15, -0.1) is 0 Å². The largest absolute Gasteiger partial charge is 0.401 e. The fourth-order valence-corrected chi connectivity index (χ4v) is 1.63. The molecule has 0 saturated heterocycles. The van der Waals surface area contributed by atoms with Crippen LogP contribution in [0.2, 0.25) is 0 Å². The Kier molecular flexibility index (Phi) is 4.79. The van der Waals surface area contributed by atoms with Crippen molar-refractivity contribution < 1.29 is 13.2 Å². The number of rotatable bonds is 4. The average Bonchev–Trinajstić information content (AvgIpc) is 2.22. The van der Waals surface area contributed by atoms with Gasteiger partial charge in [-0.1, -0.05) is 45.0 Å². The third kappa shape index (κ3) is 5.54. The highest BCUT2D eigenvalue weighted by molar-refractivity contribution is 5.27. The summed E-state index contributed by atoms with van der Waals surface area (Å²) < 4.78 is 35.7. The van der Waals surface area contributed by atoms with E-state index in [0.29, 0.717) is 13.0 Å². The van der Waals surface area contributed by atoms with E-state index in [0.717, 1.165) is 5.56 Å². The highest BCUT2D eigenvalue weighted by atomic mass is 19.4. The van der Waals surface area contributed by atoms with Crippen LogP contribution >= 0.6 is 0 Å². The molecule has 0 bridgehead atoms. The van der Waals surface area contributed by atoms with E-state index in [-0.39, 0.29) is 5.41 Å². The average molecular weight is 259 g/mol. The second-order valence-corrected chi connectivity index (χ2v) is 5.49. The lowest BCUT2D eigenvalue weighted by Gasteiger charge is -2.19. The van der Waals surface area contributed by atoms with E-state index in [1.807, 2.05) is 24.3 Å². The molecule has 102 valence electrons. The molecule has 0 fully saturated rings. The molecule has 0 atom stereocenters. The second-order valence-electron chi connectivity index (χ2n) is 5.49. The molecule has 0 aliphatic rings. The van der Waals surface area contributed by atoms with Crippen LogP contribution in [0, 0.1) is 0 Å². The van der Waals surface area contributed by atoms with Gasteiger partial charge >= 0.3 is 6.18 Å². The monoisotopic (exact) mass is 259 g/mol. The highest BCUT2D eigenvalue weighted by Crippen LogP contribution is 2.22. The van der Waals surface area contributed by atoms with Gasteiger partial charge in [0.05, 0.1) is 6.54 Å². The predicted octanol–water partition coefficient (Wildman–Crippen LogP) is 3.68. The van der Waals surface area contributed by atoms with Crippen molar-refractivity contribution in [3.8, 4) is 0 Å². The summed E-state index contributed by atoms with van der Waals surface area (Å²) in [5.74, 6) is 0. The Morgan fingerprint density at radius 1 is 1.00 bits per heavy atom. The molecule has 0 radical (unpaired) electrons. The van der Waals surface area contributed by atoms with Crippen molar-refractivity contribution in [1.29, 1.82) is 0 Å². The lowest BCUT2D eigenvalue weighted by atomic mass is 9.86. The second kappa shape index (κ2) is 5.74. The number of alkyl halides is 3. The van der Waals surface area contributed by atoms with E-state index in [2.05, 4.69) is 26.1 Å². The maximum absolute atomic E-state index is 11.9. The van der Waals surface area contributed by atoms with E-state index < -0.39 is 12.7 Å². The molecule has 0 saturated carbocycles. The van der Waals surface area contributed by atoms with E-state index in [9.17, 15) is 13.2 Å². The lowest BCUT2D eigenvalue weighted by Crippen LogP contribution is -2.30. The van der Waals surface area contributed by atoms with Crippen LogP contribution in [-0.4, -0.2) is 19.3 Å². The van der Waals surface area contributed by atoms with Gasteiger partial charge in [0.25, 0.3) is 0 Å². The van der Waals surface area contributed by atoms with Crippen LogP contribution < -0.4 is 5.32 Å². The summed E-state index contributed by atoms with van der Waals surface area (Å²) in [6.07, 6.45) is -3.52. The zero-order chi connectivity index (χ0) is 13.8. The quantitative estimate of drug-likeness (QED) is 0.813. The zero-order valence-electron chi connectivity index (χ0n) is 11.1. The SMILES string of the molecule is CC(C)(C)c1ccc(CCNCC(F)(F)F)cc1. The summed E-state index contributed by atoms with van der Waals surface area (Å²) in [4.78, 5) is 0. The molecule has 1 N–H and O–H groups in total. The smallest absolute Gasteiger partial charge is 0.308 e. The molecule has 0 unspecified atom stereocenters. The molecule has 0 spiro atoms. The van der Waals surface area contributed by atoms with Gasteiger partial charge in [0.1, 0.15) is 0 Å². The standard InChI is InChI=1S/C14H20F3N/c1-13(2,3)12-6-4-11(5-7-12)8-9-18-10-14(15,16)17/h4-7,18H,8-10H2,1-3H3. The Hall–Kier alpha value is -1.03. The normalized spacial score (nSPS) is 12.8. The zero-order valence-corrected chi connectivity index (χ0v) is 11.1. The van der Waals surface area contributed by atoms with Gasteiger partial charge in [0, 0.05) is 0 Å². The first kappa shape index (κ1) is 15.0. The van der Waals surface area contributed by atoms with Gasteiger partial charge in [0.2, 0.25) is 0 Å². The molecule has 0 aliphatic heterocycles. The van der Waals surface area contributed by atoms with E-state index in [1.54, 1.807) is 0 Å². The molecule has 1 rings (SSSR count). The number of hydrogen-bond donors (Lipinski definition) is 1. The summed E-state index contributed by atoms with van der Waals surface area (Å²) in [5.41, 5.74) is 2.39. The summed E-state index contributed by atoms with van der Waals surface area (Å²) in [5, 5.41) is 2.39. The van der Waals surface area contributed by atoms with Crippen LogP contribution in [0.4, 0.5) is 13.2 Å². The summed E-state index contributed by atoms with van der Waals surface area (Å²) >= 11 is 0. The van der Waals surface area contributed by atoms with Crippen LogP contribution in [0.1, 0.15) is 31.9 Å². The predicted molar refractivity (Wildman–Crippen MR) is 67.8 cm³/mol. The number of hydrogen-bond acceptors (Lipinski definition) is 1. The van der Waals surface area contributed by atoms with Crippen LogP contribution in [0.15, 0.2) is 24.3 Å². The molecule has 18 heavy (non-hydrogen) atoms. The van der Waals surface area contributed by atoms with Gasteiger partial charge in [-0.25, -0.2) is 0 Å². The van der Waals surface area contributed by atoms with Crippen LogP contribution in [0.25, 0.3) is 0 Å². The number of halogens is 3. The van der Waals surface area contributed by atoms with Gasteiger partial charge in [-0.3, -0.25) is 0 Å². The Bertz CT molecular complexity index is 360. The van der Waals surface area contributed by atoms with Gasteiger partial charge < -0.3 is 5.32 Å². The van der Waals surface area contributed by atoms with Crippen LogP contribution in [-0.2, 0) is 11.8 Å². The molecular weight excluding hydrogens is 239 g/mol. The van der Waals surface area contributed by atoms with E-state index in [1.165, 1.54) is 5.56 Å².